The van der Waals surface area contributed by atoms with Gasteiger partial charge in [-0.15, -0.1) is 0 Å². The second-order valence-electron chi connectivity index (χ2n) is 7.01. The van der Waals surface area contributed by atoms with Gasteiger partial charge >= 0.3 is 5.97 Å². The molecule has 0 aromatic heterocycles. The van der Waals surface area contributed by atoms with Gasteiger partial charge in [-0.25, -0.2) is 4.79 Å². The Morgan fingerprint density at radius 3 is 2.82 bits per heavy atom. The molecule has 0 amide bonds. The van der Waals surface area contributed by atoms with Gasteiger partial charge in [-0.1, -0.05) is 30.3 Å². The normalized spacial score (nSPS) is 18.0. The topological polar surface area (TPSA) is 38.8 Å². The van der Waals surface area contributed by atoms with Crippen LogP contribution in [-0.4, -0.2) is 49.1 Å². The zero-order valence-electron chi connectivity index (χ0n) is 16.1. The van der Waals surface area contributed by atoms with Gasteiger partial charge in [0.2, 0.25) is 0 Å². The Morgan fingerprint density at radius 1 is 1.18 bits per heavy atom. The second kappa shape index (κ2) is 8.84. The largest absolute Gasteiger partial charge is 0.488 e. The van der Waals surface area contributed by atoms with E-state index in [0.29, 0.717) is 12.2 Å². The molecule has 0 aliphatic carbocycles. The van der Waals surface area contributed by atoms with Crippen LogP contribution in [0.4, 0.5) is 0 Å². The minimum absolute atomic E-state index is 0.328. The van der Waals surface area contributed by atoms with Gasteiger partial charge in [0.15, 0.2) is 0 Å². The third-order valence-corrected chi connectivity index (χ3v) is 6.22. The molecule has 0 saturated carbocycles. The van der Waals surface area contributed by atoms with Crippen molar-refractivity contribution in [3.8, 4) is 5.75 Å². The van der Waals surface area contributed by atoms with E-state index in [1.807, 2.05) is 30.0 Å². The molecule has 146 valence electrons. The van der Waals surface area contributed by atoms with E-state index < -0.39 is 0 Å². The van der Waals surface area contributed by atoms with Crippen molar-refractivity contribution in [1.82, 2.24) is 4.90 Å². The molecule has 0 bridgehead atoms. The molecule has 1 saturated heterocycles. The first-order valence-electron chi connectivity index (χ1n) is 9.70. The van der Waals surface area contributed by atoms with Crippen LogP contribution in [0.5, 0.6) is 5.75 Å². The number of hydrogen-bond acceptors (Lipinski definition) is 5. The molecule has 2 aromatic rings. The van der Waals surface area contributed by atoms with Gasteiger partial charge < -0.3 is 14.4 Å². The summed E-state index contributed by atoms with van der Waals surface area (Å²) in [6.45, 7) is 3.91. The maximum Gasteiger partial charge on any atom is 0.337 e. The molecule has 2 aliphatic heterocycles. The minimum Gasteiger partial charge on any atom is -0.488 e. The summed E-state index contributed by atoms with van der Waals surface area (Å²) < 4.78 is 11.0. The molecule has 0 unspecified atom stereocenters. The van der Waals surface area contributed by atoms with Crippen molar-refractivity contribution in [2.75, 3.05) is 38.2 Å². The molecule has 2 aliphatic rings. The SMILES string of the molecule is COC(=O)c1ccc2c(c1)/C(=C\CCN1CCSCC1)c1ccccc1CO2. The highest BCUT2D eigenvalue weighted by Gasteiger charge is 2.21. The van der Waals surface area contributed by atoms with Gasteiger partial charge in [-0.05, 0) is 41.3 Å². The van der Waals surface area contributed by atoms with E-state index in [4.69, 9.17) is 9.47 Å². The van der Waals surface area contributed by atoms with E-state index in [0.717, 1.165) is 42.9 Å². The number of hydrogen-bond donors (Lipinski definition) is 0. The predicted molar refractivity (Wildman–Crippen MR) is 114 cm³/mol. The zero-order valence-corrected chi connectivity index (χ0v) is 17.0. The van der Waals surface area contributed by atoms with Crippen molar-refractivity contribution < 1.29 is 14.3 Å². The van der Waals surface area contributed by atoms with Crippen LogP contribution in [0.25, 0.3) is 5.57 Å². The maximum atomic E-state index is 12.1. The average Bonchev–Trinajstić information content (AvgIpc) is 2.91. The molecular formula is C23H25NO3S. The minimum atomic E-state index is -0.328. The zero-order chi connectivity index (χ0) is 19.3. The molecule has 0 radical (unpaired) electrons. The number of nitrogens with zero attached hydrogens (tertiary/aromatic N) is 1. The number of benzene rings is 2. The lowest BCUT2D eigenvalue weighted by Crippen LogP contribution is -2.33. The Hall–Kier alpha value is -2.24. The standard InChI is InChI=1S/C23H25NO3S/c1-26-23(25)17-8-9-22-21(15-17)20(7-4-10-24-11-13-28-14-12-24)19-6-3-2-5-18(19)16-27-22/h2-3,5-9,15H,4,10-14,16H2,1H3/b20-7-. The summed E-state index contributed by atoms with van der Waals surface area (Å²) in [4.78, 5) is 14.6. The number of carbonyl (C=O) groups is 1. The van der Waals surface area contributed by atoms with E-state index in [1.165, 1.54) is 29.7 Å². The number of thioether (sulfide) groups is 1. The van der Waals surface area contributed by atoms with Gasteiger partial charge in [0.05, 0.1) is 12.7 Å². The Bertz CT molecular complexity index is 887. The lowest BCUT2D eigenvalue weighted by atomic mass is 9.92. The Morgan fingerprint density at radius 2 is 2.00 bits per heavy atom. The van der Waals surface area contributed by atoms with Crippen LogP contribution in [0.2, 0.25) is 0 Å². The van der Waals surface area contributed by atoms with Crippen molar-refractivity contribution in [3.05, 3.63) is 70.8 Å². The summed E-state index contributed by atoms with van der Waals surface area (Å²) >= 11 is 2.03. The smallest absolute Gasteiger partial charge is 0.337 e. The van der Waals surface area contributed by atoms with Crippen molar-refractivity contribution in [3.63, 3.8) is 0 Å². The van der Waals surface area contributed by atoms with Gasteiger partial charge in [0.1, 0.15) is 12.4 Å². The molecule has 4 rings (SSSR count). The second-order valence-corrected chi connectivity index (χ2v) is 8.23. The molecule has 0 spiro atoms. The monoisotopic (exact) mass is 395 g/mol. The van der Waals surface area contributed by atoms with Gasteiger partial charge in [0, 0.05) is 36.7 Å². The van der Waals surface area contributed by atoms with E-state index in [2.05, 4.69) is 29.2 Å². The van der Waals surface area contributed by atoms with Crippen LogP contribution in [-0.2, 0) is 11.3 Å². The lowest BCUT2D eigenvalue weighted by molar-refractivity contribution is 0.0600. The average molecular weight is 396 g/mol. The Kier molecular flexibility index (Phi) is 6.03. The van der Waals surface area contributed by atoms with E-state index >= 15 is 0 Å². The van der Waals surface area contributed by atoms with Gasteiger partial charge in [-0.3, -0.25) is 0 Å². The van der Waals surface area contributed by atoms with Crippen molar-refractivity contribution >= 4 is 23.3 Å². The molecular weight excluding hydrogens is 370 g/mol. The number of esters is 1. The fraction of sp³-hybridized carbons (Fsp3) is 0.348. The molecule has 1 fully saturated rings. The summed E-state index contributed by atoms with van der Waals surface area (Å²) in [7, 11) is 1.41. The number of methoxy groups -OCH3 is 1. The summed E-state index contributed by atoms with van der Waals surface area (Å²) in [6, 6.07) is 13.9. The number of rotatable bonds is 4. The van der Waals surface area contributed by atoms with E-state index in [1.54, 1.807) is 6.07 Å². The first kappa shape index (κ1) is 19.1. The molecule has 4 nitrogen and oxygen atoms in total. The van der Waals surface area contributed by atoms with Crippen LogP contribution in [0.3, 0.4) is 0 Å². The number of carbonyl (C=O) groups excluding carboxylic acids is 1. The summed E-state index contributed by atoms with van der Waals surface area (Å²) in [5.74, 6) is 2.92. The third-order valence-electron chi connectivity index (χ3n) is 5.28. The molecule has 28 heavy (non-hydrogen) atoms. The van der Waals surface area contributed by atoms with Crippen molar-refractivity contribution in [2.45, 2.75) is 13.0 Å². The van der Waals surface area contributed by atoms with Gasteiger partial charge in [-0.2, -0.15) is 11.8 Å². The van der Waals surface area contributed by atoms with Crippen LogP contribution >= 0.6 is 11.8 Å². The fourth-order valence-electron chi connectivity index (χ4n) is 3.76. The highest BCUT2D eigenvalue weighted by atomic mass is 32.2. The Labute approximate surface area is 170 Å². The van der Waals surface area contributed by atoms with E-state index in [9.17, 15) is 4.79 Å². The van der Waals surface area contributed by atoms with E-state index in [-0.39, 0.29) is 5.97 Å². The van der Waals surface area contributed by atoms with Crippen molar-refractivity contribution in [2.24, 2.45) is 0 Å². The van der Waals surface area contributed by atoms with Crippen LogP contribution < -0.4 is 4.74 Å². The highest BCUT2D eigenvalue weighted by Crippen LogP contribution is 2.37. The predicted octanol–water partition coefficient (Wildman–Crippen LogP) is 4.24. The van der Waals surface area contributed by atoms with Crippen molar-refractivity contribution in [1.29, 1.82) is 0 Å². The van der Waals surface area contributed by atoms with Crippen LogP contribution in [0.1, 0.15) is 33.5 Å². The first-order valence-corrected chi connectivity index (χ1v) is 10.9. The molecule has 0 N–H and O–H groups in total. The molecule has 2 heterocycles. The van der Waals surface area contributed by atoms with Gasteiger partial charge in [0.25, 0.3) is 0 Å². The Balaban J connectivity index is 1.69. The number of ether oxygens (including phenoxy) is 2. The third kappa shape index (κ3) is 4.10. The maximum absolute atomic E-state index is 12.1. The first-order chi connectivity index (χ1) is 13.8. The fourth-order valence-corrected chi connectivity index (χ4v) is 4.74. The number of fused-ring (bicyclic) bond motifs is 2. The molecule has 2 aromatic carbocycles. The summed E-state index contributed by atoms with van der Waals surface area (Å²) in [6.07, 6.45) is 3.27. The molecule has 0 atom stereocenters. The molecule has 5 heteroatoms. The van der Waals surface area contributed by atoms with Crippen LogP contribution in [0.15, 0.2) is 48.5 Å². The summed E-state index contributed by atoms with van der Waals surface area (Å²) in [5, 5.41) is 0. The lowest BCUT2D eigenvalue weighted by Gasteiger charge is -2.25. The highest BCUT2D eigenvalue weighted by molar-refractivity contribution is 7.99. The quantitative estimate of drug-likeness (QED) is 0.724. The summed E-state index contributed by atoms with van der Waals surface area (Å²) in [5.41, 5.74) is 4.99. The van der Waals surface area contributed by atoms with Crippen LogP contribution in [0, 0.1) is 0 Å².